The number of fused-ring (bicyclic) bond motifs is 1. The van der Waals surface area contributed by atoms with Crippen molar-refractivity contribution in [2.45, 2.75) is 65.5 Å². The highest BCUT2D eigenvalue weighted by Crippen LogP contribution is 2.37. The van der Waals surface area contributed by atoms with Gasteiger partial charge in [0.1, 0.15) is 6.04 Å². The summed E-state index contributed by atoms with van der Waals surface area (Å²) < 4.78 is 0. The van der Waals surface area contributed by atoms with Crippen molar-refractivity contribution < 1.29 is 14.4 Å². The quantitative estimate of drug-likeness (QED) is 0.498. The van der Waals surface area contributed by atoms with Gasteiger partial charge < -0.3 is 5.32 Å². The second kappa shape index (κ2) is 9.83. The van der Waals surface area contributed by atoms with E-state index in [-0.39, 0.29) is 35.5 Å². The van der Waals surface area contributed by atoms with Crippen LogP contribution in [0.2, 0.25) is 0 Å². The number of allylic oxidation sites excluding steroid dienone is 2. The zero-order valence-corrected chi connectivity index (χ0v) is 20.1. The van der Waals surface area contributed by atoms with Gasteiger partial charge in [-0.1, -0.05) is 32.9 Å². The second-order valence-corrected chi connectivity index (χ2v) is 10.8. The third-order valence-corrected chi connectivity index (χ3v) is 7.70. The molecule has 1 N–H and O–H groups in total. The topological polar surface area (TPSA) is 82.6 Å². The third kappa shape index (κ3) is 4.96. The van der Waals surface area contributed by atoms with E-state index in [0.717, 1.165) is 31.2 Å². The van der Waals surface area contributed by atoms with E-state index in [1.54, 1.807) is 0 Å². The zero-order chi connectivity index (χ0) is 22.8. The van der Waals surface area contributed by atoms with Crippen LogP contribution >= 0.6 is 11.3 Å². The number of rotatable bonds is 7. The van der Waals surface area contributed by atoms with Crippen molar-refractivity contribution in [3.05, 3.63) is 23.2 Å². The van der Waals surface area contributed by atoms with Gasteiger partial charge in [-0.3, -0.25) is 24.2 Å². The molecule has 0 saturated carbocycles. The molecule has 0 unspecified atom stereocenters. The summed E-state index contributed by atoms with van der Waals surface area (Å²) in [6.07, 6.45) is 7.95. The Hall–Kier alpha value is -2.06. The average Bonchev–Trinajstić information content (AvgIpc) is 3.30. The van der Waals surface area contributed by atoms with E-state index in [0.29, 0.717) is 24.4 Å². The molecule has 1 aromatic rings. The van der Waals surface area contributed by atoms with Crippen LogP contribution in [0.3, 0.4) is 0 Å². The van der Waals surface area contributed by atoms with Gasteiger partial charge in [-0.15, -0.1) is 11.3 Å². The Balaban J connectivity index is 1.43. The second-order valence-electron chi connectivity index (χ2n) is 9.94. The van der Waals surface area contributed by atoms with E-state index >= 15 is 0 Å². The molecule has 3 amide bonds. The first-order valence-corrected chi connectivity index (χ1v) is 12.7. The molecule has 0 bridgehead atoms. The van der Waals surface area contributed by atoms with Crippen molar-refractivity contribution in [2.75, 3.05) is 18.4 Å². The first-order chi connectivity index (χ1) is 15.3. The van der Waals surface area contributed by atoms with E-state index in [1.165, 1.54) is 29.1 Å². The van der Waals surface area contributed by atoms with Gasteiger partial charge >= 0.3 is 0 Å². The maximum atomic E-state index is 13.3. The fraction of sp³-hybridized carbons (Fsp3) is 0.667. The molecular formula is C24H34N4O3S. The monoisotopic (exact) mass is 458 g/mol. The molecule has 0 radical (unpaired) electrons. The lowest BCUT2D eigenvalue weighted by Crippen LogP contribution is -2.48. The van der Waals surface area contributed by atoms with Gasteiger partial charge in [0.2, 0.25) is 17.7 Å². The lowest BCUT2D eigenvalue weighted by Gasteiger charge is -2.29. The van der Waals surface area contributed by atoms with E-state index in [4.69, 9.17) is 0 Å². The summed E-state index contributed by atoms with van der Waals surface area (Å²) in [5.74, 6) is -0.429. The van der Waals surface area contributed by atoms with Crippen LogP contribution < -0.4 is 5.32 Å². The van der Waals surface area contributed by atoms with Gasteiger partial charge in [-0.25, -0.2) is 4.98 Å². The minimum absolute atomic E-state index is 0.167. The normalized spacial score (nSPS) is 25.4. The predicted octanol–water partition coefficient (Wildman–Crippen LogP) is 3.68. The number of hydrogen-bond donors (Lipinski definition) is 1. The summed E-state index contributed by atoms with van der Waals surface area (Å²) in [6, 6.07) is -0.795. The van der Waals surface area contributed by atoms with Crippen LogP contribution in [-0.4, -0.2) is 51.6 Å². The first kappa shape index (κ1) is 23.1. The van der Waals surface area contributed by atoms with Crippen LogP contribution in [-0.2, 0) is 20.9 Å². The molecular weight excluding hydrogens is 424 g/mol. The Morgan fingerprint density at radius 3 is 2.38 bits per heavy atom. The van der Waals surface area contributed by atoms with Crippen molar-refractivity contribution in [3.8, 4) is 0 Å². The van der Waals surface area contributed by atoms with E-state index < -0.39 is 6.04 Å². The number of anilines is 1. The average molecular weight is 459 g/mol. The molecule has 174 valence electrons. The molecule has 32 heavy (non-hydrogen) atoms. The molecule has 3 aliphatic rings. The molecule has 0 spiro atoms. The Bertz CT molecular complexity index is 862. The largest absolute Gasteiger partial charge is 0.300 e. The summed E-state index contributed by atoms with van der Waals surface area (Å²) in [5.41, 5.74) is 0.950. The van der Waals surface area contributed by atoms with Gasteiger partial charge in [-0.2, -0.15) is 0 Å². The van der Waals surface area contributed by atoms with E-state index in [1.807, 2.05) is 31.4 Å². The molecule has 1 aromatic heterocycles. The first-order valence-electron chi connectivity index (χ1n) is 11.8. The Morgan fingerprint density at radius 2 is 1.78 bits per heavy atom. The Labute approximate surface area is 194 Å². The highest BCUT2D eigenvalue weighted by Gasteiger charge is 2.51. The van der Waals surface area contributed by atoms with Crippen LogP contribution in [0.5, 0.6) is 0 Å². The van der Waals surface area contributed by atoms with Crippen LogP contribution in [0.4, 0.5) is 5.13 Å². The fourth-order valence-corrected chi connectivity index (χ4v) is 5.69. The number of carbonyl (C=O) groups is 3. The highest BCUT2D eigenvalue weighted by atomic mass is 32.1. The number of hydrogen-bond acceptors (Lipinski definition) is 6. The van der Waals surface area contributed by atoms with Crippen molar-refractivity contribution in [1.82, 2.24) is 14.8 Å². The van der Waals surface area contributed by atoms with Crippen LogP contribution in [0.15, 0.2) is 17.5 Å². The minimum Gasteiger partial charge on any atom is -0.300 e. The third-order valence-electron chi connectivity index (χ3n) is 6.89. The van der Waals surface area contributed by atoms with Gasteiger partial charge in [0, 0.05) is 11.9 Å². The van der Waals surface area contributed by atoms with Crippen molar-refractivity contribution in [1.29, 1.82) is 0 Å². The molecule has 3 atom stereocenters. The van der Waals surface area contributed by atoms with E-state index in [2.05, 4.69) is 22.1 Å². The number of carbonyl (C=O) groups excluding carboxylic acids is 3. The Kier molecular flexibility index (Phi) is 7.10. The lowest BCUT2D eigenvalue weighted by molar-refractivity contribution is -0.147. The van der Waals surface area contributed by atoms with Crippen LogP contribution in [0.1, 0.15) is 58.6 Å². The molecule has 2 aliphatic heterocycles. The number of nitrogens with zero attached hydrogens (tertiary/aromatic N) is 3. The number of aromatic nitrogens is 1. The molecule has 2 saturated heterocycles. The van der Waals surface area contributed by atoms with Gasteiger partial charge in [0.25, 0.3) is 0 Å². The van der Waals surface area contributed by atoms with Crippen LogP contribution in [0, 0.1) is 23.7 Å². The van der Waals surface area contributed by atoms with E-state index in [9.17, 15) is 14.4 Å². The number of nitrogens with one attached hydrogen (secondary N) is 1. The number of piperidine rings is 1. The maximum absolute atomic E-state index is 13.3. The predicted molar refractivity (Wildman–Crippen MR) is 125 cm³/mol. The molecule has 1 aliphatic carbocycles. The van der Waals surface area contributed by atoms with Crippen molar-refractivity contribution in [2.24, 2.45) is 23.7 Å². The molecule has 7 nitrogen and oxygen atoms in total. The smallest absolute Gasteiger partial charge is 0.249 e. The van der Waals surface area contributed by atoms with Crippen LogP contribution in [0.25, 0.3) is 0 Å². The number of imide groups is 1. The SMILES string of the molecule is CC(C)C[C@@H](C(=O)Nc1nc(CN2CCC(C)CC2)cs1)N1C(=O)[C@H]2CC=CC[C@H]2C1=O. The van der Waals surface area contributed by atoms with Crippen molar-refractivity contribution in [3.63, 3.8) is 0 Å². The summed E-state index contributed by atoms with van der Waals surface area (Å²) in [4.78, 5) is 47.6. The minimum atomic E-state index is -0.795. The standard InChI is InChI=1S/C24H34N4O3S/c1-15(2)12-20(28-22(30)18-6-4-5-7-19(18)23(28)31)21(29)26-24-25-17(14-32-24)13-27-10-8-16(3)9-11-27/h4-5,14-16,18-20H,6-13H2,1-3H3,(H,25,26,29)/t18-,19+,20-/m0/s1. The zero-order valence-electron chi connectivity index (χ0n) is 19.3. The van der Waals surface area contributed by atoms with Gasteiger partial charge in [-0.05, 0) is 57.0 Å². The molecule has 0 aromatic carbocycles. The molecule has 3 heterocycles. The van der Waals surface area contributed by atoms with Gasteiger partial charge in [0.05, 0.1) is 17.5 Å². The molecule has 8 heteroatoms. The number of thiazole rings is 1. The lowest BCUT2D eigenvalue weighted by atomic mass is 9.85. The van der Waals surface area contributed by atoms with Gasteiger partial charge in [0.15, 0.2) is 5.13 Å². The number of likely N-dealkylation sites (tertiary alicyclic amines) is 2. The Morgan fingerprint density at radius 1 is 1.16 bits per heavy atom. The number of amides is 3. The molecule has 4 rings (SSSR count). The fourth-order valence-electron chi connectivity index (χ4n) is 4.98. The highest BCUT2D eigenvalue weighted by molar-refractivity contribution is 7.13. The summed E-state index contributed by atoms with van der Waals surface area (Å²) in [6.45, 7) is 9.23. The summed E-state index contributed by atoms with van der Waals surface area (Å²) in [5, 5.41) is 5.41. The summed E-state index contributed by atoms with van der Waals surface area (Å²) in [7, 11) is 0. The maximum Gasteiger partial charge on any atom is 0.249 e. The molecule has 2 fully saturated rings. The summed E-state index contributed by atoms with van der Waals surface area (Å²) >= 11 is 1.40. The van der Waals surface area contributed by atoms with Crippen molar-refractivity contribution >= 4 is 34.2 Å².